The number of aromatic nitrogens is 1. The van der Waals surface area contributed by atoms with Crippen LogP contribution in [0.2, 0.25) is 0 Å². The average molecular weight is 297 g/mol. The van der Waals surface area contributed by atoms with Crippen LogP contribution >= 0.6 is 11.8 Å². The zero-order valence-corrected chi connectivity index (χ0v) is 11.6. The second-order valence-electron chi connectivity index (χ2n) is 4.59. The number of pyridine rings is 1. The number of carboxylic acids is 1. The number of hydrogen-bond donors (Lipinski definition) is 2. The zero-order valence-electron chi connectivity index (χ0n) is 10.7. The molecule has 2 N–H and O–H groups in total. The van der Waals surface area contributed by atoms with Gasteiger partial charge in [0.05, 0.1) is 4.92 Å². The van der Waals surface area contributed by atoms with Gasteiger partial charge >= 0.3 is 5.97 Å². The number of nitrogens with zero attached hydrogens (tertiary/aromatic N) is 2. The first-order valence-corrected chi connectivity index (χ1v) is 7.42. The molecule has 2 rings (SSSR count). The van der Waals surface area contributed by atoms with E-state index in [1.54, 1.807) is 0 Å². The second-order valence-corrected chi connectivity index (χ2v) is 5.81. The fraction of sp³-hybridized carbons (Fsp3) is 0.500. The first kappa shape index (κ1) is 14.6. The van der Waals surface area contributed by atoms with Crippen LogP contribution in [-0.2, 0) is 0 Å². The molecule has 7 nitrogen and oxygen atoms in total. The molecule has 0 aromatic carbocycles. The van der Waals surface area contributed by atoms with Crippen molar-refractivity contribution in [3.8, 4) is 0 Å². The molecule has 20 heavy (non-hydrogen) atoms. The highest BCUT2D eigenvalue weighted by Crippen LogP contribution is 2.24. The largest absolute Gasteiger partial charge is 0.478 e. The molecule has 2 heterocycles. The molecule has 1 aromatic heterocycles. The van der Waals surface area contributed by atoms with Gasteiger partial charge in [-0.25, -0.2) is 9.78 Å². The monoisotopic (exact) mass is 297 g/mol. The van der Waals surface area contributed by atoms with Gasteiger partial charge in [-0.3, -0.25) is 10.1 Å². The number of hydrogen-bond acceptors (Lipinski definition) is 6. The van der Waals surface area contributed by atoms with Crippen molar-refractivity contribution >= 4 is 29.2 Å². The van der Waals surface area contributed by atoms with Gasteiger partial charge in [0.1, 0.15) is 17.6 Å². The predicted molar refractivity (Wildman–Crippen MR) is 76.4 cm³/mol. The maximum atomic E-state index is 11.1. The van der Waals surface area contributed by atoms with Gasteiger partial charge in [-0.05, 0) is 30.3 Å². The van der Waals surface area contributed by atoms with Gasteiger partial charge < -0.3 is 10.4 Å². The van der Waals surface area contributed by atoms with Gasteiger partial charge in [0.2, 0.25) is 0 Å². The fourth-order valence-corrected chi connectivity index (χ4v) is 3.25. The van der Waals surface area contributed by atoms with Crippen molar-refractivity contribution in [3.63, 3.8) is 0 Å². The standard InChI is InChI=1S/C12H15N3O4S/c16-12(17)10-5-9(15(18)19)7-14-11(10)13-6-8-1-3-20-4-2-8/h5,7-8H,1-4,6H2,(H,13,14)(H,16,17). The summed E-state index contributed by atoms with van der Waals surface area (Å²) in [4.78, 5) is 25.0. The smallest absolute Gasteiger partial charge is 0.339 e. The topological polar surface area (TPSA) is 105 Å². The Morgan fingerprint density at radius 1 is 1.55 bits per heavy atom. The molecular weight excluding hydrogens is 282 g/mol. The zero-order chi connectivity index (χ0) is 14.5. The summed E-state index contributed by atoms with van der Waals surface area (Å²) in [6.07, 6.45) is 3.26. The molecular formula is C12H15N3O4S. The fourth-order valence-electron chi connectivity index (χ4n) is 2.05. The van der Waals surface area contributed by atoms with Crippen molar-refractivity contribution in [1.29, 1.82) is 0 Å². The van der Waals surface area contributed by atoms with E-state index in [-0.39, 0.29) is 17.1 Å². The third-order valence-electron chi connectivity index (χ3n) is 3.21. The van der Waals surface area contributed by atoms with E-state index in [4.69, 9.17) is 5.11 Å². The van der Waals surface area contributed by atoms with Gasteiger partial charge in [0.15, 0.2) is 0 Å². The molecule has 1 aromatic rings. The Balaban J connectivity index is 2.09. The summed E-state index contributed by atoms with van der Waals surface area (Å²) < 4.78 is 0. The third kappa shape index (κ3) is 3.60. The van der Waals surface area contributed by atoms with Crippen molar-refractivity contribution in [1.82, 2.24) is 4.98 Å². The number of rotatable bonds is 5. The first-order valence-electron chi connectivity index (χ1n) is 6.27. The van der Waals surface area contributed by atoms with E-state index >= 15 is 0 Å². The van der Waals surface area contributed by atoms with Crippen LogP contribution in [0.1, 0.15) is 23.2 Å². The van der Waals surface area contributed by atoms with Crippen molar-refractivity contribution in [3.05, 3.63) is 27.9 Å². The van der Waals surface area contributed by atoms with Gasteiger partial charge in [-0.1, -0.05) is 0 Å². The molecule has 0 unspecified atom stereocenters. The van der Waals surface area contributed by atoms with Crippen LogP contribution in [0.15, 0.2) is 12.3 Å². The highest BCUT2D eigenvalue weighted by molar-refractivity contribution is 7.99. The molecule has 0 saturated carbocycles. The summed E-state index contributed by atoms with van der Waals surface area (Å²) in [5.41, 5.74) is -0.480. The van der Waals surface area contributed by atoms with Crippen LogP contribution in [0.25, 0.3) is 0 Å². The summed E-state index contributed by atoms with van der Waals surface area (Å²) in [6, 6.07) is 1.04. The SMILES string of the molecule is O=C(O)c1cc([N+](=O)[O-])cnc1NCC1CCSCC1. The third-order valence-corrected chi connectivity index (χ3v) is 4.26. The van der Waals surface area contributed by atoms with Gasteiger partial charge in [-0.2, -0.15) is 11.8 Å². The van der Waals surface area contributed by atoms with Crippen LogP contribution in [-0.4, -0.2) is 39.0 Å². The maximum absolute atomic E-state index is 11.1. The van der Waals surface area contributed by atoms with E-state index in [1.165, 1.54) is 0 Å². The van der Waals surface area contributed by atoms with E-state index in [1.807, 2.05) is 11.8 Å². The molecule has 0 aliphatic carbocycles. The number of nitro groups is 1. The van der Waals surface area contributed by atoms with Crippen molar-refractivity contribution in [2.45, 2.75) is 12.8 Å². The number of nitrogens with one attached hydrogen (secondary N) is 1. The summed E-state index contributed by atoms with van der Waals surface area (Å²) in [5, 5.41) is 22.8. The molecule has 1 aliphatic heterocycles. The Morgan fingerprint density at radius 2 is 2.25 bits per heavy atom. The normalized spacial score (nSPS) is 15.8. The summed E-state index contributed by atoms with van der Waals surface area (Å²) in [7, 11) is 0. The maximum Gasteiger partial charge on any atom is 0.339 e. The Bertz CT molecular complexity index is 517. The average Bonchev–Trinajstić information content (AvgIpc) is 2.45. The van der Waals surface area contributed by atoms with Crippen LogP contribution in [0, 0.1) is 16.0 Å². The molecule has 108 valence electrons. The van der Waals surface area contributed by atoms with Gasteiger partial charge in [0, 0.05) is 12.6 Å². The predicted octanol–water partition coefficient (Wildman–Crippen LogP) is 2.24. The van der Waals surface area contributed by atoms with Gasteiger partial charge in [-0.15, -0.1) is 0 Å². The molecule has 0 radical (unpaired) electrons. The molecule has 1 saturated heterocycles. The van der Waals surface area contributed by atoms with Crippen molar-refractivity contribution in [2.75, 3.05) is 23.4 Å². The van der Waals surface area contributed by atoms with E-state index in [9.17, 15) is 14.9 Å². The van der Waals surface area contributed by atoms with E-state index in [2.05, 4.69) is 10.3 Å². The second kappa shape index (κ2) is 6.56. The minimum Gasteiger partial charge on any atom is -0.478 e. The lowest BCUT2D eigenvalue weighted by molar-refractivity contribution is -0.385. The van der Waals surface area contributed by atoms with Gasteiger partial charge in [0.25, 0.3) is 5.69 Å². The highest BCUT2D eigenvalue weighted by Gasteiger charge is 2.19. The number of carbonyl (C=O) groups is 1. The summed E-state index contributed by atoms with van der Waals surface area (Å²) in [5.74, 6) is 1.71. The lowest BCUT2D eigenvalue weighted by Crippen LogP contribution is -2.20. The Kier molecular flexibility index (Phi) is 4.78. The molecule has 8 heteroatoms. The summed E-state index contributed by atoms with van der Waals surface area (Å²) in [6.45, 7) is 0.644. The number of carboxylic acid groups (broad SMARTS) is 1. The quantitative estimate of drug-likeness (QED) is 0.634. The lowest BCUT2D eigenvalue weighted by Gasteiger charge is -2.22. The molecule has 1 aliphatic rings. The molecule has 0 bridgehead atoms. The summed E-state index contributed by atoms with van der Waals surface area (Å²) >= 11 is 1.92. The molecule has 0 spiro atoms. The highest BCUT2D eigenvalue weighted by atomic mass is 32.2. The Morgan fingerprint density at radius 3 is 2.85 bits per heavy atom. The van der Waals surface area contributed by atoms with Crippen LogP contribution in [0.5, 0.6) is 0 Å². The first-order chi connectivity index (χ1) is 9.58. The Hall–Kier alpha value is -1.83. The number of anilines is 1. The van der Waals surface area contributed by atoms with Crippen LogP contribution < -0.4 is 5.32 Å². The van der Waals surface area contributed by atoms with Crippen molar-refractivity contribution in [2.24, 2.45) is 5.92 Å². The van der Waals surface area contributed by atoms with E-state index in [0.717, 1.165) is 36.6 Å². The van der Waals surface area contributed by atoms with E-state index in [0.29, 0.717) is 12.5 Å². The Labute approximate surface area is 119 Å². The number of aromatic carboxylic acids is 1. The molecule has 0 amide bonds. The molecule has 1 fully saturated rings. The van der Waals surface area contributed by atoms with Crippen LogP contribution in [0.3, 0.4) is 0 Å². The van der Waals surface area contributed by atoms with Crippen LogP contribution in [0.4, 0.5) is 11.5 Å². The number of thioether (sulfide) groups is 1. The minimum absolute atomic E-state index is 0.163. The van der Waals surface area contributed by atoms with Crippen molar-refractivity contribution < 1.29 is 14.8 Å². The minimum atomic E-state index is -1.22. The molecule has 0 atom stereocenters. The lowest BCUT2D eigenvalue weighted by atomic mass is 10.0. The van der Waals surface area contributed by atoms with E-state index < -0.39 is 10.9 Å².